The van der Waals surface area contributed by atoms with Crippen molar-refractivity contribution >= 4 is 11.9 Å². The highest BCUT2D eigenvalue weighted by molar-refractivity contribution is 5.83. The first-order valence-corrected chi connectivity index (χ1v) is 6.73. The molecule has 0 spiro atoms. The molecule has 0 aromatic heterocycles. The molecule has 0 bridgehead atoms. The van der Waals surface area contributed by atoms with Gasteiger partial charge in [0.25, 0.3) is 0 Å². The van der Waals surface area contributed by atoms with Crippen molar-refractivity contribution in [2.24, 2.45) is 11.3 Å². The topological polar surface area (TPSA) is 78.4 Å². The van der Waals surface area contributed by atoms with E-state index in [0.717, 1.165) is 32.2 Å². The number of carboxylic acids is 1. The van der Waals surface area contributed by atoms with Crippen LogP contribution in [-0.2, 0) is 9.59 Å². The molecule has 1 aliphatic heterocycles. The lowest BCUT2D eigenvalue weighted by molar-refractivity contribution is -0.141. The first-order chi connectivity index (χ1) is 8.52. The normalized spacial score (nSPS) is 25.4. The van der Waals surface area contributed by atoms with Crippen molar-refractivity contribution in [3.05, 3.63) is 0 Å². The van der Waals surface area contributed by atoms with Crippen LogP contribution in [0.25, 0.3) is 0 Å². The Morgan fingerprint density at radius 2 is 2.22 bits per heavy atom. The van der Waals surface area contributed by atoms with Gasteiger partial charge in [-0.05, 0) is 25.8 Å². The van der Waals surface area contributed by atoms with Gasteiger partial charge in [0.15, 0.2) is 0 Å². The predicted octanol–water partition coefficient (Wildman–Crippen LogP) is 0.993. The fraction of sp³-hybridized carbons (Fsp3) is 0.846. The minimum absolute atomic E-state index is 0.00431. The van der Waals surface area contributed by atoms with Crippen LogP contribution in [0, 0.1) is 11.3 Å². The van der Waals surface area contributed by atoms with Gasteiger partial charge in [0.1, 0.15) is 0 Å². The van der Waals surface area contributed by atoms with Gasteiger partial charge < -0.3 is 15.7 Å². The third kappa shape index (κ3) is 3.70. The number of carbonyl (C=O) groups is 2. The summed E-state index contributed by atoms with van der Waals surface area (Å²) < 4.78 is 0. The molecule has 1 saturated heterocycles. The highest BCUT2D eigenvalue weighted by atomic mass is 16.4. The van der Waals surface area contributed by atoms with Crippen LogP contribution >= 0.6 is 0 Å². The van der Waals surface area contributed by atoms with Crippen molar-refractivity contribution in [2.75, 3.05) is 19.6 Å². The van der Waals surface area contributed by atoms with E-state index in [1.165, 1.54) is 0 Å². The zero-order valence-corrected chi connectivity index (χ0v) is 11.3. The zero-order valence-electron chi connectivity index (χ0n) is 11.3. The number of carbonyl (C=O) groups excluding carboxylic acids is 1. The average Bonchev–Trinajstić information content (AvgIpc) is 2.36. The lowest BCUT2D eigenvalue weighted by atomic mass is 9.76. The van der Waals surface area contributed by atoms with Crippen LogP contribution in [0.15, 0.2) is 0 Å². The smallest absolute Gasteiger partial charge is 0.308 e. The number of carboxylic acid groups (broad SMARTS) is 1. The summed E-state index contributed by atoms with van der Waals surface area (Å²) in [6, 6.07) is 0. The monoisotopic (exact) mass is 256 g/mol. The molecule has 1 amide bonds. The van der Waals surface area contributed by atoms with E-state index in [1.807, 2.05) is 0 Å². The molecule has 0 aromatic rings. The Morgan fingerprint density at radius 1 is 1.50 bits per heavy atom. The van der Waals surface area contributed by atoms with Gasteiger partial charge in [-0.3, -0.25) is 9.59 Å². The molecule has 1 rings (SSSR count). The molecule has 0 saturated carbocycles. The molecule has 5 nitrogen and oxygen atoms in total. The Morgan fingerprint density at radius 3 is 2.72 bits per heavy atom. The Balaban J connectivity index is 2.57. The minimum atomic E-state index is -0.874. The van der Waals surface area contributed by atoms with Crippen LogP contribution in [-0.4, -0.2) is 36.6 Å². The first kappa shape index (κ1) is 15.0. The third-order valence-electron chi connectivity index (χ3n) is 3.67. The van der Waals surface area contributed by atoms with Gasteiger partial charge >= 0.3 is 5.97 Å². The van der Waals surface area contributed by atoms with E-state index < -0.39 is 11.9 Å². The van der Waals surface area contributed by atoms with Crippen molar-refractivity contribution in [2.45, 2.75) is 39.5 Å². The number of nitrogens with one attached hydrogen (secondary N) is 2. The maximum absolute atomic E-state index is 12.3. The number of hydrogen-bond acceptors (Lipinski definition) is 3. The van der Waals surface area contributed by atoms with E-state index in [0.29, 0.717) is 6.54 Å². The van der Waals surface area contributed by atoms with Crippen LogP contribution < -0.4 is 10.6 Å². The van der Waals surface area contributed by atoms with Gasteiger partial charge in [-0.2, -0.15) is 0 Å². The van der Waals surface area contributed by atoms with Gasteiger partial charge in [-0.15, -0.1) is 0 Å². The Hall–Kier alpha value is -1.10. The Kier molecular flexibility index (Phi) is 5.59. The van der Waals surface area contributed by atoms with Crippen LogP contribution in [0.1, 0.15) is 39.5 Å². The van der Waals surface area contributed by atoms with E-state index in [4.69, 9.17) is 5.11 Å². The second-order valence-corrected chi connectivity index (χ2v) is 5.26. The Bertz CT molecular complexity index is 293. The number of hydrogen-bond donors (Lipinski definition) is 3. The summed E-state index contributed by atoms with van der Waals surface area (Å²) >= 11 is 0. The van der Waals surface area contributed by atoms with Crippen molar-refractivity contribution in [3.63, 3.8) is 0 Å². The molecular formula is C13H24N2O3. The van der Waals surface area contributed by atoms with Crippen molar-refractivity contribution in [1.29, 1.82) is 0 Å². The summed E-state index contributed by atoms with van der Waals surface area (Å²) in [7, 11) is 0. The number of aliphatic carboxylic acids is 1. The molecule has 18 heavy (non-hydrogen) atoms. The molecule has 5 heteroatoms. The molecule has 104 valence electrons. The summed E-state index contributed by atoms with van der Waals surface area (Å²) in [6.07, 6.45) is 3.71. The van der Waals surface area contributed by atoms with Crippen molar-refractivity contribution in [1.82, 2.24) is 10.6 Å². The molecule has 2 atom stereocenters. The molecule has 1 aliphatic rings. The van der Waals surface area contributed by atoms with Gasteiger partial charge in [0, 0.05) is 13.1 Å². The number of amides is 1. The van der Waals surface area contributed by atoms with Crippen molar-refractivity contribution < 1.29 is 14.7 Å². The van der Waals surface area contributed by atoms with E-state index in [1.54, 1.807) is 6.92 Å². The molecule has 0 aromatic carbocycles. The van der Waals surface area contributed by atoms with Crippen LogP contribution in [0.4, 0.5) is 0 Å². The fourth-order valence-electron chi connectivity index (χ4n) is 2.49. The molecule has 1 fully saturated rings. The van der Waals surface area contributed by atoms with E-state index in [-0.39, 0.29) is 17.9 Å². The predicted molar refractivity (Wildman–Crippen MR) is 69.3 cm³/mol. The van der Waals surface area contributed by atoms with Crippen LogP contribution in [0.5, 0.6) is 0 Å². The second-order valence-electron chi connectivity index (χ2n) is 5.26. The molecular weight excluding hydrogens is 232 g/mol. The summed E-state index contributed by atoms with van der Waals surface area (Å²) in [5.74, 6) is -1.41. The largest absolute Gasteiger partial charge is 0.481 e. The van der Waals surface area contributed by atoms with E-state index in [9.17, 15) is 9.59 Å². The van der Waals surface area contributed by atoms with Gasteiger partial charge in [-0.1, -0.05) is 20.3 Å². The quantitative estimate of drug-likeness (QED) is 0.662. The summed E-state index contributed by atoms with van der Waals surface area (Å²) in [4.78, 5) is 23.0. The van der Waals surface area contributed by atoms with E-state index >= 15 is 0 Å². The molecule has 0 radical (unpaired) electrons. The molecule has 0 aliphatic carbocycles. The molecule has 1 heterocycles. The maximum atomic E-state index is 12.3. The average molecular weight is 256 g/mol. The summed E-state index contributed by atoms with van der Waals surface area (Å²) in [5, 5.41) is 14.9. The van der Waals surface area contributed by atoms with Gasteiger partial charge in [-0.25, -0.2) is 0 Å². The van der Waals surface area contributed by atoms with Crippen molar-refractivity contribution in [3.8, 4) is 0 Å². The molecule has 2 unspecified atom stereocenters. The first-order valence-electron chi connectivity index (χ1n) is 6.73. The fourth-order valence-corrected chi connectivity index (χ4v) is 2.49. The third-order valence-corrected chi connectivity index (χ3v) is 3.67. The Labute approximate surface area is 108 Å². The van der Waals surface area contributed by atoms with Gasteiger partial charge in [0.2, 0.25) is 5.91 Å². The maximum Gasteiger partial charge on any atom is 0.308 e. The van der Waals surface area contributed by atoms with Gasteiger partial charge in [0.05, 0.1) is 11.3 Å². The lowest BCUT2D eigenvalue weighted by Crippen LogP contribution is -2.51. The summed E-state index contributed by atoms with van der Waals surface area (Å²) in [5.41, 5.74) is -0.342. The lowest BCUT2D eigenvalue weighted by Gasteiger charge is -2.36. The van der Waals surface area contributed by atoms with E-state index in [2.05, 4.69) is 17.6 Å². The van der Waals surface area contributed by atoms with Crippen LogP contribution in [0.2, 0.25) is 0 Å². The number of rotatable bonds is 6. The molecule has 3 N–H and O–H groups in total. The second kappa shape index (κ2) is 6.73. The standard InChI is InChI=1S/C13H24N2O3/c1-3-5-13(6-4-7-14-9-13)12(18)15-8-10(2)11(16)17/h10,14H,3-9H2,1-2H3,(H,15,18)(H,16,17). The zero-order chi connectivity index (χ0) is 13.6. The highest BCUT2D eigenvalue weighted by Gasteiger charge is 2.38. The SMILES string of the molecule is CCCC1(C(=O)NCC(C)C(=O)O)CCCNC1. The number of piperidine rings is 1. The minimum Gasteiger partial charge on any atom is -0.481 e. The highest BCUT2D eigenvalue weighted by Crippen LogP contribution is 2.31. The van der Waals surface area contributed by atoms with Crippen LogP contribution in [0.3, 0.4) is 0 Å². The summed E-state index contributed by atoms with van der Waals surface area (Å²) in [6.45, 7) is 5.55.